The molecule has 6 nitrogen and oxygen atoms in total. The number of nitro benzene ring substituents is 1. The van der Waals surface area contributed by atoms with E-state index in [0.29, 0.717) is 18.1 Å². The van der Waals surface area contributed by atoms with Crippen molar-refractivity contribution >= 4 is 17.3 Å². The van der Waals surface area contributed by atoms with E-state index in [1.165, 1.54) is 6.07 Å². The summed E-state index contributed by atoms with van der Waals surface area (Å²) in [6.45, 7) is 3.10. The third-order valence-corrected chi connectivity index (χ3v) is 3.68. The summed E-state index contributed by atoms with van der Waals surface area (Å²) in [6.07, 6.45) is 0.789. The van der Waals surface area contributed by atoms with Crippen LogP contribution in [0.5, 0.6) is 0 Å². The van der Waals surface area contributed by atoms with Gasteiger partial charge in [0.1, 0.15) is 0 Å². The Morgan fingerprint density at radius 1 is 1.43 bits per heavy atom. The van der Waals surface area contributed by atoms with Gasteiger partial charge in [0.05, 0.1) is 21.3 Å². The van der Waals surface area contributed by atoms with Gasteiger partial charge in [0.15, 0.2) is 0 Å². The molecule has 0 radical (unpaired) electrons. The molecule has 7 heteroatoms. The van der Waals surface area contributed by atoms with E-state index in [4.69, 9.17) is 11.6 Å². The van der Waals surface area contributed by atoms with Crippen LogP contribution < -0.4 is 5.32 Å². The van der Waals surface area contributed by atoms with Gasteiger partial charge in [-0.05, 0) is 12.0 Å². The third kappa shape index (κ3) is 3.59. The monoisotopic (exact) mass is 308 g/mol. The molecule has 0 saturated heterocycles. The molecule has 0 aliphatic rings. The average Bonchev–Trinajstić information content (AvgIpc) is 2.74. The standard InChI is InChI=1S/C14H17ClN4O2/c1-3-12-14(15)13(18(2)17-12)9-16-8-10-5-4-6-11(7-10)19(20)21/h4-7,16H,3,8-9H2,1-2H3. The minimum atomic E-state index is -0.394. The van der Waals surface area contributed by atoms with E-state index in [-0.39, 0.29) is 5.69 Å². The van der Waals surface area contributed by atoms with Crippen LogP contribution in [0.2, 0.25) is 5.02 Å². The fraction of sp³-hybridized carbons (Fsp3) is 0.357. The molecule has 0 saturated carbocycles. The lowest BCUT2D eigenvalue weighted by Crippen LogP contribution is -2.15. The van der Waals surface area contributed by atoms with E-state index in [0.717, 1.165) is 23.4 Å². The summed E-state index contributed by atoms with van der Waals surface area (Å²) in [6, 6.07) is 6.58. The second-order valence-corrected chi connectivity index (χ2v) is 5.09. The van der Waals surface area contributed by atoms with Gasteiger partial charge in [-0.1, -0.05) is 30.7 Å². The summed E-state index contributed by atoms with van der Waals surface area (Å²) in [5.74, 6) is 0. The number of hydrogen-bond acceptors (Lipinski definition) is 4. The van der Waals surface area contributed by atoms with Gasteiger partial charge in [0.25, 0.3) is 5.69 Å². The van der Waals surface area contributed by atoms with Crippen LogP contribution in [0.25, 0.3) is 0 Å². The highest BCUT2D eigenvalue weighted by atomic mass is 35.5. The molecule has 2 aromatic rings. The molecule has 0 spiro atoms. The number of aryl methyl sites for hydroxylation is 2. The maximum Gasteiger partial charge on any atom is 0.269 e. The van der Waals surface area contributed by atoms with Crippen molar-refractivity contribution in [3.8, 4) is 0 Å². The molecule has 1 heterocycles. The fourth-order valence-electron chi connectivity index (χ4n) is 2.12. The predicted octanol–water partition coefficient (Wildman–Crippen LogP) is 2.83. The highest BCUT2D eigenvalue weighted by molar-refractivity contribution is 6.31. The number of nitrogens with one attached hydrogen (secondary N) is 1. The second kappa shape index (κ2) is 6.69. The summed E-state index contributed by atoms with van der Waals surface area (Å²) < 4.78 is 1.77. The molecule has 0 amide bonds. The van der Waals surface area contributed by atoms with Gasteiger partial charge in [-0.3, -0.25) is 14.8 Å². The lowest BCUT2D eigenvalue weighted by atomic mass is 10.2. The van der Waals surface area contributed by atoms with Crippen LogP contribution in [0, 0.1) is 10.1 Å². The van der Waals surface area contributed by atoms with Crippen molar-refractivity contribution in [1.29, 1.82) is 0 Å². The first-order valence-corrected chi connectivity index (χ1v) is 7.05. The minimum Gasteiger partial charge on any atom is -0.307 e. The van der Waals surface area contributed by atoms with Crippen molar-refractivity contribution in [3.05, 3.63) is 56.4 Å². The Bertz CT molecular complexity index is 654. The van der Waals surface area contributed by atoms with Gasteiger partial charge in [-0.2, -0.15) is 5.10 Å². The maximum atomic E-state index is 10.7. The quantitative estimate of drug-likeness (QED) is 0.658. The minimum absolute atomic E-state index is 0.0983. The number of benzene rings is 1. The molecule has 1 aromatic heterocycles. The van der Waals surface area contributed by atoms with Crippen LogP contribution in [0.1, 0.15) is 23.9 Å². The summed E-state index contributed by atoms with van der Waals surface area (Å²) in [5, 5.41) is 19.0. The molecule has 1 N–H and O–H groups in total. The zero-order chi connectivity index (χ0) is 15.4. The van der Waals surface area contributed by atoms with Crippen LogP contribution in [0.15, 0.2) is 24.3 Å². The van der Waals surface area contributed by atoms with Crippen LogP contribution in [0.4, 0.5) is 5.69 Å². The highest BCUT2D eigenvalue weighted by Gasteiger charge is 2.12. The summed E-state index contributed by atoms with van der Waals surface area (Å²) in [5.41, 5.74) is 2.75. The van der Waals surface area contributed by atoms with Gasteiger partial charge in [0.2, 0.25) is 0 Å². The van der Waals surface area contributed by atoms with Crippen LogP contribution in [0.3, 0.4) is 0 Å². The molecular formula is C14H17ClN4O2. The lowest BCUT2D eigenvalue weighted by molar-refractivity contribution is -0.384. The molecule has 21 heavy (non-hydrogen) atoms. The van der Waals surface area contributed by atoms with E-state index in [2.05, 4.69) is 10.4 Å². The topological polar surface area (TPSA) is 73.0 Å². The van der Waals surface area contributed by atoms with E-state index in [1.807, 2.05) is 20.0 Å². The zero-order valence-electron chi connectivity index (χ0n) is 12.0. The number of rotatable bonds is 6. The van der Waals surface area contributed by atoms with Gasteiger partial charge in [-0.25, -0.2) is 0 Å². The fourth-order valence-corrected chi connectivity index (χ4v) is 2.48. The maximum absolute atomic E-state index is 10.7. The van der Waals surface area contributed by atoms with Gasteiger partial charge in [0, 0.05) is 32.3 Å². The van der Waals surface area contributed by atoms with E-state index in [9.17, 15) is 10.1 Å². The van der Waals surface area contributed by atoms with E-state index < -0.39 is 4.92 Å². The summed E-state index contributed by atoms with van der Waals surface area (Å²) in [4.78, 5) is 10.3. The van der Waals surface area contributed by atoms with Crippen LogP contribution in [-0.4, -0.2) is 14.7 Å². The number of hydrogen-bond donors (Lipinski definition) is 1. The van der Waals surface area contributed by atoms with Crippen LogP contribution >= 0.6 is 11.6 Å². The molecule has 0 atom stereocenters. The Labute approximate surface area is 127 Å². The molecule has 1 aromatic carbocycles. The van der Waals surface area contributed by atoms with Gasteiger partial charge in [-0.15, -0.1) is 0 Å². The van der Waals surface area contributed by atoms with Crippen molar-refractivity contribution in [2.75, 3.05) is 0 Å². The average molecular weight is 309 g/mol. The summed E-state index contributed by atoms with van der Waals surface area (Å²) in [7, 11) is 1.86. The first-order chi connectivity index (χ1) is 10.0. The van der Waals surface area contributed by atoms with Crippen molar-refractivity contribution in [2.45, 2.75) is 26.4 Å². The van der Waals surface area contributed by atoms with Gasteiger partial charge >= 0.3 is 0 Å². The number of aromatic nitrogens is 2. The molecule has 0 bridgehead atoms. The second-order valence-electron chi connectivity index (χ2n) is 4.72. The smallest absolute Gasteiger partial charge is 0.269 e. The third-order valence-electron chi connectivity index (χ3n) is 3.25. The molecule has 0 unspecified atom stereocenters. The zero-order valence-corrected chi connectivity index (χ0v) is 12.7. The predicted molar refractivity (Wildman–Crippen MR) is 81.2 cm³/mol. The molecule has 112 valence electrons. The Morgan fingerprint density at radius 3 is 2.81 bits per heavy atom. The Balaban J connectivity index is 2.00. The SMILES string of the molecule is CCc1nn(C)c(CNCc2cccc([N+](=O)[O-])c2)c1Cl. The van der Waals surface area contributed by atoms with Crippen molar-refractivity contribution in [1.82, 2.24) is 15.1 Å². The van der Waals surface area contributed by atoms with E-state index >= 15 is 0 Å². The molecule has 2 rings (SSSR count). The summed E-state index contributed by atoms with van der Waals surface area (Å²) >= 11 is 6.27. The van der Waals surface area contributed by atoms with E-state index in [1.54, 1.807) is 16.8 Å². The number of non-ortho nitro benzene ring substituents is 1. The Kier molecular flexibility index (Phi) is 4.93. The first-order valence-electron chi connectivity index (χ1n) is 6.67. The molecule has 0 fully saturated rings. The van der Waals surface area contributed by atoms with Crippen molar-refractivity contribution in [3.63, 3.8) is 0 Å². The lowest BCUT2D eigenvalue weighted by Gasteiger charge is -2.06. The highest BCUT2D eigenvalue weighted by Crippen LogP contribution is 2.20. The van der Waals surface area contributed by atoms with Crippen molar-refractivity contribution in [2.24, 2.45) is 7.05 Å². The number of halogens is 1. The molecule has 0 aliphatic heterocycles. The Hall–Kier alpha value is -1.92. The number of nitrogens with zero attached hydrogens (tertiary/aromatic N) is 3. The van der Waals surface area contributed by atoms with Crippen molar-refractivity contribution < 1.29 is 4.92 Å². The molecular weight excluding hydrogens is 292 g/mol. The van der Waals surface area contributed by atoms with Crippen LogP contribution in [-0.2, 0) is 26.6 Å². The largest absolute Gasteiger partial charge is 0.307 e. The molecule has 0 aliphatic carbocycles. The normalized spacial score (nSPS) is 10.8. The first kappa shape index (κ1) is 15.5. The van der Waals surface area contributed by atoms with Gasteiger partial charge < -0.3 is 5.32 Å². The Morgan fingerprint density at radius 2 is 2.19 bits per heavy atom. The number of nitro groups is 1.